The minimum absolute atomic E-state index is 0.532. The lowest BCUT2D eigenvalue weighted by Crippen LogP contribution is -2.31. The summed E-state index contributed by atoms with van der Waals surface area (Å²) in [6, 6.07) is 5.75. The van der Waals surface area contributed by atoms with Crippen LogP contribution in [0.2, 0.25) is 0 Å². The molecule has 1 N–H and O–H groups in total. The quantitative estimate of drug-likeness (QED) is 0.914. The van der Waals surface area contributed by atoms with Crippen molar-refractivity contribution in [1.82, 2.24) is 4.98 Å². The number of aliphatic carboxylic acids is 1. The van der Waals surface area contributed by atoms with Crippen LogP contribution in [0.5, 0.6) is 0 Å². The summed E-state index contributed by atoms with van der Waals surface area (Å²) < 4.78 is 5.43. The molecule has 0 radical (unpaired) electrons. The van der Waals surface area contributed by atoms with Crippen molar-refractivity contribution in [2.45, 2.75) is 19.8 Å². The van der Waals surface area contributed by atoms with Gasteiger partial charge < -0.3 is 14.4 Å². The summed E-state index contributed by atoms with van der Waals surface area (Å²) in [6.07, 6.45) is 1.52. The van der Waals surface area contributed by atoms with Crippen molar-refractivity contribution in [3.63, 3.8) is 0 Å². The van der Waals surface area contributed by atoms with Crippen molar-refractivity contribution in [2.75, 3.05) is 18.5 Å². The summed E-state index contributed by atoms with van der Waals surface area (Å²) in [4.78, 5) is 17.5. The summed E-state index contributed by atoms with van der Waals surface area (Å²) in [5.41, 5.74) is 1.98. The van der Waals surface area contributed by atoms with Crippen LogP contribution in [0.15, 0.2) is 22.6 Å². The van der Waals surface area contributed by atoms with E-state index in [1.807, 2.05) is 37.1 Å². The molecular formula is C14H16N2O3. The van der Waals surface area contributed by atoms with E-state index in [-0.39, 0.29) is 0 Å². The molecule has 5 heteroatoms. The molecule has 3 rings (SSSR count). The molecule has 0 saturated heterocycles. The van der Waals surface area contributed by atoms with Crippen molar-refractivity contribution in [3.8, 4) is 0 Å². The van der Waals surface area contributed by atoms with Crippen LogP contribution in [0.1, 0.15) is 18.7 Å². The second kappa shape index (κ2) is 3.98. The predicted octanol–water partition coefficient (Wildman–Crippen LogP) is 2.44. The molecule has 19 heavy (non-hydrogen) atoms. The SMILES string of the molecule is Cc1nc2cc(N(C)CC3(C(=O)O)CC3)ccc2o1. The summed E-state index contributed by atoms with van der Waals surface area (Å²) in [5, 5.41) is 9.22. The van der Waals surface area contributed by atoms with Crippen LogP contribution in [0, 0.1) is 12.3 Å². The normalized spacial score (nSPS) is 16.5. The lowest BCUT2D eigenvalue weighted by atomic mass is 10.1. The van der Waals surface area contributed by atoms with Gasteiger partial charge in [-0.05, 0) is 31.0 Å². The number of hydrogen-bond donors (Lipinski definition) is 1. The number of fused-ring (bicyclic) bond motifs is 1. The highest BCUT2D eigenvalue weighted by Gasteiger charge is 2.50. The number of carboxylic acids is 1. The number of nitrogens with zero attached hydrogens (tertiary/aromatic N) is 2. The Morgan fingerprint density at radius 1 is 1.53 bits per heavy atom. The Morgan fingerprint density at radius 2 is 2.26 bits per heavy atom. The highest BCUT2D eigenvalue weighted by molar-refractivity contribution is 5.80. The number of carboxylic acid groups (broad SMARTS) is 1. The highest BCUT2D eigenvalue weighted by Crippen LogP contribution is 2.46. The number of rotatable bonds is 4. The van der Waals surface area contributed by atoms with Crippen LogP contribution in [-0.4, -0.2) is 29.7 Å². The maximum Gasteiger partial charge on any atom is 0.311 e. The Balaban J connectivity index is 1.85. The average Bonchev–Trinajstić information content (AvgIpc) is 3.03. The third-order valence-corrected chi connectivity index (χ3v) is 3.77. The predicted molar refractivity (Wildman–Crippen MR) is 71.3 cm³/mol. The molecule has 1 aliphatic rings. The molecule has 0 unspecified atom stereocenters. The van der Waals surface area contributed by atoms with Crippen LogP contribution in [0.25, 0.3) is 11.1 Å². The van der Waals surface area contributed by atoms with Gasteiger partial charge in [0.05, 0.1) is 5.41 Å². The number of benzene rings is 1. The molecule has 1 aromatic heterocycles. The second-order valence-corrected chi connectivity index (χ2v) is 5.33. The van der Waals surface area contributed by atoms with Crippen LogP contribution in [0.3, 0.4) is 0 Å². The van der Waals surface area contributed by atoms with E-state index in [2.05, 4.69) is 4.98 Å². The minimum atomic E-state index is -0.697. The topological polar surface area (TPSA) is 66.6 Å². The van der Waals surface area contributed by atoms with E-state index in [0.29, 0.717) is 12.4 Å². The van der Waals surface area contributed by atoms with E-state index in [1.165, 1.54) is 0 Å². The smallest absolute Gasteiger partial charge is 0.311 e. The van der Waals surface area contributed by atoms with Crippen molar-refractivity contribution >= 4 is 22.8 Å². The van der Waals surface area contributed by atoms with Gasteiger partial charge in [-0.2, -0.15) is 0 Å². The molecule has 2 aromatic rings. The Kier molecular flexibility index (Phi) is 2.52. The van der Waals surface area contributed by atoms with Gasteiger partial charge in [-0.1, -0.05) is 0 Å². The van der Waals surface area contributed by atoms with Crippen molar-refractivity contribution < 1.29 is 14.3 Å². The Hall–Kier alpha value is -2.04. The fourth-order valence-corrected chi connectivity index (χ4v) is 2.40. The standard InChI is InChI=1S/C14H16N2O3/c1-9-15-11-7-10(3-4-12(11)19-9)16(2)8-14(5-6-14)13(17)18/h3-4,7H,5-6,8H2,1-2H3,(H,17,18). The molecule has 0 bridgehead atoms. The van der Waals surface area contributed by atoms with Crippen molar-refractivity contribution in [3.05, 3.63) is 24.1 Å². The van der Waals surface area contributed by atoms with Gasteiger partial charge in [0.2, 0.25) is 0 Å². The molecular weight excluding hydrogens is 244 g/mol. The zero-order valence-electron chi connectivity index (χ0n) is 11.0. The van der Waals surface area contributed by atoms with Crippen LogP contribution >= 0.6 is 0 Å². The fourth-order valence-electron chi connectivity index (χ4n) is 2.40. The Morgan fingerprint density at radius 3 is 2.89 bits per heavy atom. The molecule has 1 heterocycles. The van der Waals surface area contributed by atoms with E-state index < -0.39 is 11.4 Å². The molecule has 0 atom stereocenters. The largest absolute Gasteiger partial charge is 0.481 e. The molecule has 1 fully saturated rings. The molecule has 1 aliphatic carbocycles. The lowest BCUT2D eigenvalue weighted by molar-refractivity contribution is -0.142. The first-order valence-electron chi connectivity index (χ1n) is 6.32. The van der Waals surface area contributed by atoms with Crippen molar-refractivity contribution in [1.29, 1.82) is 0 Å². The molecule has 1 saturated carbocycles. The highest BCUT2D eigenvalue weighted by atomic mass is 16.4. The third kappa shape index (κ3) is 2.05. The molecule has 1 aromatic carbocycles. The first-order chi connectivity index (χ1) is 9.00. The summed E-state index contributed by atoms with van der Waals surface area (Å²) in [5.74, 6) is -0.0586. The van der Waals surface area contributed by atoms with Gasteiger partial charge in [0, 0.05) is 26.2 Å². The summed E-state index contributed by atoms with van der Waals surface area (Å²) in [7, 11) is 1.91. The van der Waals surface area contributed by atoms with E-state index in [0.717, 1.165) is 29.6 Å². The Labute approximate surface area is 110 Å². The average molecular weight is 260 g/mol. The maximum absolute atomic E-state index is 11.2. The third-order valence-electron chi connectivity index (χ3n) is 3.77. The number of oxazole rings is 1. The van der Waals surface area contributed by atoms with Gasteiger partial charge in [-0.3, -0.25) is 4.79 Å². The van der Waals surface area contributed by atoms with Gasteiger partial charge in [0.1, 0.15) is 5.52 Å². The van der Waals surface area contributed by atoms with Crippen LogP contribution in [0.4, 0.5) is 5.69 Å². The molecule has 100 valence electrons. The van der Waals surface area contributed by atoms with Gasteiger partial charge in [-0.25, -0.2) is 4.98 Å². The van der Waals surface area contributed by atoms with Crippen LogP contribution in [-0.2, 0) is 4.79 Å². The van der Waals surface area contributed by atoms with Gasteiger partial charge in [-0.15, -0.1) is 0 Å². The molecule has 5 nitrogen and oxygen atoms in total. The number of aryl methyl sites for hydroxylation is 1. The zero-order chi connectivity index (χ0) is 13.6. The van der Waals surface area contributed by atoms with E-state index in [1.54, 1.807) is 0 Å². The van der Waals surface area contributed by atoms with E-state index in [9.17, 15) is 9.90 Å². The molecule has 0 amide bonds. The fraction of sp³-hybridized carbons (Fsp3) is 0.429. The zero-order valence-corrected chi connectivity index (χ0v) is 11.0. The Bertz CT molecular complexity index is 643. The van der Waals surface area contributed by atoms with Crippen LogP contribution < -0.4 is 4.90 Å². The van der Waals surface area contributed by atoms with Crippen molar-refractivity contribution in [2.24, 2.45) is 5.41 Å². The lowest BCUT2D eigenvalue weighted by Gasteiger charge is -2.23. The monoisotopic (exact) mass is 260 g/mol. The van der Waals surface area contributed by atoms with Gasteiger partial charge >= 0.3 is 5.97 Å². The second-order valence-electron chi connectivity index (χ2n) is 5.33. The first-order valence-corrected chi connectivity index (χ1v) is 6.32. The molecule has 0 aliphatic heterocycles. The minimum Gasteiger partial charge on any atom is -0.481 e. The van der Waals surface area contributed by atoms with E-state index in [4.69, 9.17) is 4.42 Å². The number of anilines is 1. The first kappa shape index (κ1) is 12.0. The summed E-state index contributed by atoms with van der Waals surface area (Å²) in [6.45, 7) is 2.34. The number of carbonyl (C=O) groups is 1. The van der Waals surface area contributed by atoms with E-state index >= 15 is 0 Å². The summed E-state index contributed by atoms with van der Waals surface area (Å²) >= 11 is 0. The van der Waals surface area contributed by atoms with Gasteiger partial charge in [0.15, 0.2) is 11.5 Å². The molecule has 0 spiro atoms. The maximum atomic E-state index is 11.2. The van der Waals surface area contributed by atoms with Gasteiger partial charge in [0.25, 0.3) is 0 Å². The number of hydrogen-bond acceptors (Lipinski definition) is 4. The number of aromatic nitrogens is 1.